The first kappa shape index (κ1) is 26.9. The second-order valence-electron chi connectivity index (χ2n) is 12.1. The predicted molar refractivity (Wildman–Crippen MR) is 144 cm³/mol. The minimum atomic E-state index is -3.17. The lowest BCUT2D eigenvalue weighted by atomic mass is 9.68. The molecular formula is C32H40ClF3O. The van der Waals surface area contributed by atoms with Gasteiger partial charge in [0.2, 0.25) is 0 Å². The molecule has 0 atom stereocenters. The van der Waals surface area contributed by atoms with Gasteiger partial charge in [0.1, 0.15) is 11.6 Å². The fourth-order valence-electron chi connectivity index (χ4n) is 7.29. The van der Waals surface area contributed by atoms with Crippen molar-refractivity contribution in [3.63, 3.8) is 0 Å². The molecule has 5 heteroatoms. The summed E-state index contributed by atoms with van der Waals surface area (Å²) in [5.74, 6) is 2.02. The van der Waals surface area contributed by atoms with Crippen molar-refractivity contribution >= 4 is 11.6 Å². The van der Waals surface area contributed by atoms with Crippen molar-refractivity contribution in [2.75, 3.05) is 0 Å². The zero-order valence-electron chi connectivity index (χ0n) is 21.9. The van der Waals surface area contributed by atoms with Crippen LogP contribution in [0, 0.1) is 29.5 Å². The number of ether oxygens (including phenoxy) is 1. The van der Waals surface area contributed by atoms with Crippen LogP contribution >= 0.6 is 11.6 Å². The Kier molecular flexibility index (Phi) is 8.43. The number of rotatable bonds is 6. The molecule has 2 aromatic carbocycles. The van der Waals surface area contributed by atoms with Gasteiger partial charge in [-0.05, 0) is 135 Å². The molecule has 5 rings (SSSR count). The van der Waals surface area contributed by atoms with Gasteiger partial charge in [0.05, 0.1) is 5.92 Å². The van der Waals surface area contributed by atoms with E-state index in [1.54, 1.807) is 12.1 Å². The van der Waals surface area contributed by atoms with Gasteiger partial charge >= 0.3 is 6.11 Å². The second kappa shape index (κ2) is 11.6. The minimum absolute atomic E-state index is 0.0250. The molecule has 0 bridgehead atoms. The summed E-state index contributed by atoms with van der Waals surface area (Å²) in [4.78, 5) is 0. The zero-order chi connectivity index (χ0) is 26.0. The van der Waals surface area contributed by atoms with Gasteiger partial charge in [0.15, 0.2) is 0 Å². The lowest BCUT2D eigenvalue weighted by molar-refractivity contribution is -0.224. The maximum atomic E-state index is 15.2. The van der Waals surface area contributed by atoms with E-state index in [1.165, 1.54) is 43.4 Å². The van der Waals surface area contributed by atoms with Crippen LogP contribution in [-0.2, 0) is 0 Å². The van der Waals surface area contributed by atoms with E-state index in [9.17, 15) is 8.78 Å². The van der Waals surface area contributed by atoms with E-state index in [-0.39, 0.29) is 17.5 Å². The minimum Gasteiger partial charge on any atom is -0.432 e. The molecule has 0 N–H and O–H groups in total. The quantitative estimate of drug-likeness (QED) is 0.359. The van der Waals surface area contributed by atoms with Gasteiger partial charge in [-0.2, -0.15) is 8.78 Å². The Balaban J connectivity index is 1.10. The smallest absolute Gasteiger partial charge is 0.400 e. The average Bonchev–Trinajstić information content (AvgIpc) is 2.90. The highest BCUT2D eigenvalue weighted by Gasteiger charge is 2.45. The zero-order valence-corrected chi connectivity index (χ0v) is 22.7. The summed E-state index contributed by atoms with van der Waals surface area (Å²) in [5.41, 5.74) is 2.06. The van der Waals surface area contributed by atoms with Crippen LogP contribution in [0.15, 0.2) is 42.5 Å². The van der Waals surface area contributed by atoms with Gasteiger partial charge in [0, 0.05) is 5.02 Å². The van der Waals surface area contributed by atoms with Crippen LogP contribution in [0.4, 0.5) is 13.2 Å². The number of alkyl halides is 2. The standard InChI is InChI=1S/C32H40ClF3O/c1-21-2-4-24(5-3-21)26-12-19-30(31(34)20-26)25-8-6-22(7-9-25)23-10-13-27(14-11-23)32(35,36)37-29-17-15-28(33)16-18-29/h12,15-25,27H,2-11,13-14H2,1H3. The molecule has 3 aliphatic rings. The SMILES string of the molecule is CC1CCC(c2ccc(C3CCC(C4CCC(C(F)(F)Oc5ccc(Cl)cc5)CC4)CC3)c(F)c2)CC1. The van der Waals surface area contributed by atoms with Gasteiger partial charge in [0.25, 0.3) is 0 Å². The topological polar surface area (TPSA) is 9.23 Å². The second-order valence-corrected chi connectivity index (χ2v) is 12.5. The first-order chi connectivity index (χ1) is 17.8. The van der Waals surface area contributed by atoms with Crippen LogP contribution in [0.2, 0.25) is 5.02 Å². The van der Waals surface area contributed by atoms with Crippen molar-refractivity contribution in [1.29, 1.82) is 0 Å². The summed E-state index contributed by atoms with van der Waals surface area (Å²) < 4.78 is 49.9. The molecule has 0 unspecified atom stereocenters. The van der Waals surface area contributed by atoms with E-state index in [0.717, 1.165) is 50.0 Å². The lowest BCUT2D eigenvalue weighted by Crippen LogP contribution is -2.38. The molecule has 37 heavy (non-hydrogen) atoms. The monoisotopic (exact) mass is 532 g/mol. The van der Waals surface area contributed by atoms with Crippen LogP contribution in [0.5, 0.6) is 5.75 Å². The maximum Gasteiger partial charge on any atom is 0.400 e. The molecule has 3 saturated carbocycles. The van der Waals surface area contributed by atoms with Crippen molar-refractivity contribution in [2.24, 2.45) is 23.7 Å². The molecule has 0 radical (unpaired) electrons. The van der Waals surface area contributed by atoms with Gasteiger partial charge in [-0.15, -0.1) is 0 Å². The van der Waals surface area contributed by atoms with Crippen LogP contribution in [0.3, 0.4) is 0 Å². The fraction of sp³-hybridized carbons (Fsp3) is 0.625. The predicted octanol–water partition coefficient (Wildman–Crippen LogP) is 10.5. The van der Waals surface area contributed by atoms with Crippen molar-refractivity contribution in [2.45, 2.75) is 102 Å². The van der Waals surface area contributed by atoms with Crippen LogP contribution in [-0.4, -0.2) is 6.11 Å². The molecule has 0 heterocycles. The molecule has 3 fully saturated rings. The molecular weight excluding hydrogens is 493 g/mol. The Morgan fingerprint density at radius 2 is 1.30 bits per heavy atom. The third-order valence-corrected chi connectivity index (χ3v) is 9.96. The van der Waals surface area contributed by atoms with E-state index in [4.69, 9.17) is 16.3 Å². The lowest BCUT2D eigenvalue weighted by Gasteiger charge is -2.39. The average molecular weight is 533 g/mol. The number of halogens is 4. The van der Waals surface area contributed by atoms with E-state index in [0.29, 0.717) is 35.6 Å². The fourth-order valence-corrected chi connectivity index (χ4v) is 7.42. The Hall–Kier alpha value is -1.68. The molecule has 202 valence electrons. The summed E-state index contributed by atoms with van der Waals surface area (Å²) in [6.07, 6.45) is 8.41. The van der Waals surface area contributed by atoms with Crippen LogP contribution in [0.25, 0.3) is 0 Å². The van der Waals surface area contributed by atoms with E-state index in [2.05, 4.69) is 19.1 Å². The van der Waals surface area contributed by atoms with Crippen LogP contribution < -0.4 is 4.74 Å². The van der Waals surface area contributed by atoms with Crippen molar-refractivity contribution in [3.8, 4) is 5.75 Å². The van der Waals surface area contributed by atoms with E-state index in [1.807, 2.05) is 6.07 Å². The summed E-state index contributed by atoms with van der Waals surface area (Å²) in [5, 5.41) is 0.500. The van der Waals surface area contributed by atoms with Crippen molar-refractivity contribution in [3.05, 3.63) is 64.4 Å². The number of hydrogen-bond donors (Lipinski definition) is 0. The number of hydrogen-bond acceptors (Lipinski definition) is 1. The summed E-state index contributed by atoms with van der Waals surface area (Å²) >= 11 is 5.85. The third-order valence-electron chi connectivity index (χ3n) is 9.70. The highest BCUT2D eigenvalue weighted by molar-refractivity contribution is 6.30. The highest BCUT2D eigenvalue weighted by atomic mass is 35.5. The number of benzene rings is 2. The molecule has 0 spiro atoms. The van der Waals surface area contributed by atoms with E-state index >= 15 is 4.39 Å². The molecule has 2 aromatic rings. The van der Waals surface area contributed by atoms with Gasteiger partial charge in [-0.25, -0.2) is 4.39 Å². The molecule has 3 aliphatic carbocycles. The highest BCUT2D eigenvalue weighted by Crippen LogP contribution is 2.47. The van der Waals surface area contributed by atoms with E-state index < -0.39 is 12.0 Å². The third kappa shape index (κ3) is 6.49. The first-order valence-corrected chi connectivity index (χ1v) is 14.8. The largest absolute Gasteiger partial charge is 0.432 e. The van der Waals surface area contributed by atoms with Gasteiger partial charge < -0.3 is 4.74 Å². The maximum absolute atomic E-state index is 15.2. The first-order valence-electron chi connectivity index (χ1n) is 14.4. The molecule has 1 nitrogen and oxygen atoms in total. The Bertz CT molecular complexity index is 1010. The molecule has 0 aromatic heterocycles. The van der Waals surface area contributed by atoms with Crippen molar-refractivity contribution in [1.82, 2.24) is 0 Å². The Labute approximate surface area is 225 Å². The van der Waals surface area contributed by atoms with Crippen LogP contribution in [0.1, 0.15) is 107 Å². The molecule has 0 saturated heterocycles. The van der Waals surface area contributed by atoms with Gasteiger partial charge in [-0.1, -0.05) is 43.5 Å². The molecule has 0 aliphatic heterocycles. The Morgan fingerprint density at radius 3 is 1.89 bits per heavy atom. The summed E-state index contributed by atoms with van der Waals surface area (Å²) in [6, 6.07) is 12.2. The van der Waals surface area contributed by atoms with Crippen molar-refractivity contribution < 1.29 is 17.9 Å². The normalized spacial score (nSPS) is 31.2. The summed E-state index contributed by atoms with van der Waals surface area (Å²) in [7, 11) is 0. The Morgan fingerprint density at radius 1 is 0.730 bits per heavy atom. The molecule has 0 amide bonds. The van der Waals surface area contributed by atoms with Gasteiger partial charge in [-0.3, -0.25) is 0 Å². The summed E-state index contributed by atoms with van der Waals surface area (Å²) in [6.45, 7) is 2.31.